The van der Waals surface area contributed by atoms with E-state index in [4.69, 9.17) is 4.98 Å². The summed E-state index contributed by atoms with van der Waals surface area (Å²) in [4.78, 5) is 4.94. The molecule has 2 aliphatic carbocycles. The van der Waals surface area contributed by atoms with Crippen LogP contribution < -0.4 is 0 Å². The van der Waals surface area contributed by atoms with Crippen molar-refractivity contribution in [2.45, 2.75) is 38.5 Å². The largest absolute Gasteiger partial charge is 0.256 e. The van der Waals surface area contributed by atoms with Crippen LogP contribution in [0.15, 0.2) is 128 Å². The van der Waals surface area contributed by atoms with Gasteiger partial charge in [-0.05, 0) is 85.5 Å². The van der Waals surface area contributed by atoms with E-state index in [1.165, 1.54) is 61.2 Å². The highest BCUT2D eigenvalue weighted by Gasteiger charge is 2.36. The minimum Gasteiger partial charge on any atom is -0.256 e. The van der Waals surface area contributed by atoms with Crippen LogP contribution in [-0.2, 0) is 10.8 Å². The van der Waals surface area contributed by atoms with Crippen LogP contribution in [-0.4, -0.2) is 4.98 Å². The Morgan fingerprint density at radius 3 is 1.43 bits per heavy atom. The van der Waals surface area contributed by atoms with Crippen LogP contribution in [0.2, 0.25) is 0 Å². The first-order valence-corrected chi connectivity index (χ1v) is 14.9. The number of nitrogens with zero attached hydrogens (tertiary/aromatic N) is 1. The Bertz CT molecular complexity index is 2020. The van der Waals surface area contributed by atoms with Crippen molar-refractivity contribution >= 4 is 0 Å². The lowest BCUT2D eigenvalue weighted by molar-refractivity contribution is 0.660. The molecule has 0 radical (unpaired) electrons. The van der Waals surface area contributed by atoms with E-state index >= 15 is 0 Å². The number of aromatic nitrogens is 1. The fourth-order valence-corrected chi connectivity index (χ4v) is 7.36. The highest BCUT2D eigenvalue weighted by atomic mass is 14.7. The summed E-state index contributed by atoms with van der Waals surface area (Å²) in [5.41, 5.74) is 17.9. The Morgan fingerprint density at radius 1 is 0.381 bits per heavy atom. The van der Waals surface area contributed by atoms with Crippen LogP contribution in [0.25, 0.3) is 55.8 Å². The van der Waals surface area contributed by atoms with Gasteiger partial charge in [-0.25, -0.2) is 0 Å². The van der Waals surface area contributed by atoms with Crippen molar-refractivity contribution in [3.05, 3.63) is 150 Å². The van der Waals surface area contributed by atoms with Gasteiger partial charge in [-0.15, -0.1) is 0 Å². The van der Waals surface area contributed by atoms with Crippen LogP contribution in [0.5, 0.6) is 0 Å². The molecule has 0 aliphatic heterocycles. The summed E-state index contributed by atoms with van der Waals surface area (Å²) in [5.74, 6) is 0. The molecular weight excluding hydrogens is 506 g/mol. The Balaban J connectivity index is 1.11. The summed E-state index contributed by atoms with van der Waals surface area (Å²) in [6.45, 7) is 9.33. The Labute approximate surface area is 248 Å². The standard InChI is InChI=1S/C41H33N/c1-40(2)35-14-7-5-12-31(35)33-19-16-27(23-37(33)40)26-10-9-11-29(22-26)39-21-18-30(25-42-39)28-17-20-34-32-13-6-8-15-36(32)41(3,4)38(34)24-28/h5-25H,1-4H3. The molecular formula is C41H33N. The minimum absolute atomic E-state index is 0.00745. The van der Waals surface area contributed by atoms with Crippen LogP contribution in [0.4, 0.5) is 0 Å². The van der Waals surface area contributed by atoms with Gasteiger partial charge in [0.05, 0.1) is 5.69 Å². The van der Waals surface area contributed by atoms with Gasteiger partial charge in [0.2, 0.25) is 0 Å². The third-order valence-corrected chi connectivity index (χ3v) is 9.76. The first-order valence-electron chi connectivity index (χ1n) is 14.9. The molecule has 0 spiro atoms. The van der Waals surface area contributed by atoms with Gasteiger partial charge < -0.3 is 0 Å². The lowest BCUT2D eigenvalue weighted by Gasteiger charge is -2.22. The summed E-state index contributed by atoms with van der Waals surface area (Å²) >= 11 is 0. The van der Waals surface area contributed by atoms with E-state index in [1.54, 1.807) is 0 Å². The summed E-state index contributed by atoms with van der Waals surface area (Å²) in [5, 5.41) is 0. The number of benzene rings is 5. The van der Waals surface area contributed by atoms with E-state index in [0.29, 0.717) is 0 Å². The topological polar surface area (TPSA) is 12.9 Å². The van der Waals surface area contributed by atoms with Gasteiger partial charge in [0.25, 0.3) is 0 Å². The summed E-state index contributed by atoms with van der Waals surface area (Å²) in [7, 11) is 0. The van der Waals surface area contributed by atoms with E-state index in [9.17, 15) is 0 Å². The van der Waals surface area contributed by atoms with Crippen molar-refractivity contribution in [1.29, 1.82) is 0 Å². The molecule has 0 saturated carbocycles. The molecule has 0 saturated heterocycles. The summed E-state index contributed by atoms with van der Waals surface area (Å²) in [6, 6.07) is 44.6. The quantitative estimate of drug-likeness (QED) is 0.218. The maximum Gasteiger partial charge on any atom is 0.0702 e. The molecule has 202 valence electrons. The fourth-order valence-electron chi connectivity index (χ4n) is 7.36. The summed E-state index contributed by atoms with van der Waals surface area (Å²) in [6.07, 6.45) is 2.02. The first-order chi connectivity index (χ1) is 20.3. The van der Waals surface area contributed by atoms with E-state index < -0.39 is 0 Å². The average molecular weight is 540 g/mol. The third-order valence-electron chi connectivity index (χ3n) is 9.76. The molecule has 1 nitrogen and oxygen atoms in total. The van der Waals surface area contributed by atoms with Gasteiger partial charge in [0.1, 0.15) is 0 Å². The zero-order valence-corrected chi connectivity index (χ0v) is 24.6. The van der Waals surface area contributed by atoms with Crippen molar-refractivity contribution in [3.8, 4) is 55.8 Å². The lowest BCUT2D eigenvalue weighted by Crippen LogP contribution is -2.14. The van der Waals surface area contributed by atoms with Crippen LogP contribution in [0.3, 0.4) is 0 Å². The highest BCUT2D eigenvalue weighted by molar-refractivity contribution is 5.85. The predicted molar refractivity (Wildman–Crippen MR) is 176 cm³/mol. The minimum atomic E-state index is -0.00863. The molecule has 5 aromatic carbocycles. The van der Waals surface area contributed by atoms with Crippen molar-refractivity contribution in [2.75, 3.05) is 0 Å². The predicted octanol–water partition coefficient (Wildman–Crippen LogP) is 10.7. The normalized spacial score (nSPS) is 15.0. The van der Waals surface area contributed by atoms with E-state index in [1.807, 2.05) is 6.20 Å². The molecule has 42 heavy (non-hydrogen) atoms. The van der Waals surface area contributed by atoms with Gasteiger partial charge in [0.15, 0.2) is 0 Å². The Hall–Kier alpha value is -4.75. The number of pyridine rings is 1. The molecule has 0 amide bonds. The van der Waals surface area contributed by atoms with Crippen molar-refractivity contribution in [3.63, 3.8) is 0 Å². The number of fused-ring (bicyclic) bond motifs is 6. The molecule has 2 aliphatic rings. The van der Waals surface area contributed by atoms with Crippen molar-refractivity contribution in [2.24, 2.45) is 0 Å². The van der Waals surface area contributed by atoms with Gasteiger partial charge in [-0.1, -0.05) is 125 Å². The van der Waals surface area contributed by atoms with Crippen LogP contribution in [0.1, 0.15) is 49.9 Å². The number of hydrogen-bond donors (Lipinski definition) is 0. The zero-order chi connectivity index (χ0) is 28.6. The molecule has 6 aromatic rings. The first kappa shape index (κ1) is 25.0. The molecule has 0 bridgehead atoms. The highest BCUT2D eigenvalue weighted by Crippen LogP contribution is 2.50. The van der Waals surface area contributed by atoms with E-state index in [2.05, 4.69) is 149 Å². The SMILES string of the molecule is CC1(C)c2ccccc2-c2ccc(-c3ccc(-c4cccc(-c5ccc6c(c5)C(C)(C)c5ccccc5-6)c4)nc3)cc21. The average Bonchev–Trinajstić information content (AvgIpc) is 3.40. The fraction of sp³-hybridized carbons (Fsp3) is 0.146. The molecule has 0 N–H and O–H groups in total. The maximum atomic E-state index is 4.94. The number of rotatable bonds is 3. The van der Waals surface area contributed by atoms with Crippen LogP contribution >= 0.6 is 0 Å². The molecule has 1 heterocycles. The second kappa shape index (κ2) is 8.87. The monoisotopic (exact) mass is 539 g/mol. The Morgan fingerprint density at radius 2 is 0.857 bits per heavy atom. The smallest absolute Gasteiger partial charge is 0.0702 e. The summed E-state index contributed by atoms with van der Waals surface area (Å²) < 4.78 is 0. The zero-order valence-electron chi connectivity index (χ0n) is 24.6. The van der Waals surface area contributed by atoms with E-state index in [-0.39, 0.29) is 10.8 Å². The maximum absolute atomic E-state index is 4.94. The molecule has 1 heteroatoms. The lowest BCUT2D eigenvalue weighted by atomic mass is 9.81. The molecule has 8 rings (SSSR count). The molecule has 0 fully saturated rings. The second-order valence-corrected chi connectivity index (χ2v) is 12.9. The van der Waals surface area contributed by atoms with Gasteiger partial charge >= 0.3 is 0 Å². The number of hydrogen-bond acceptors (Lipinski definition) is 1. The van der Waals surface area contributed by atoms with Gasteiger partial charge in [-0.3, -0.25) is 4.98 Å². The van der Waals surface area contributed by atoms with Crippen molar-refractivity contribution in [1.82, 2.24) is 4.98 Å². The van der Waals surface area contributed by atoms with Crippen LogP contribution in [0, 0.1) is 0 Å². The molecule has 1 aromatic heterocycles. The van der Waals surface area contributed by atoms with E-state index in [0.717, 1.165) is 16.8 Å². The molecule has 0 atom stereocenters. The van der Waals surface area contributed by atoms with Crippen molar-refractivity contribution < 1.29 is 0 Å². The second-order valence-electron chi connectivity index (χ2n) is 12.9. The Kier molecular flexibility index (Phi) is 5.28. The van der Waals surface area contributed by atoms with Gasteiger partial charge in [0, 0.05) is 28.2 Å². The third kappa shape index (κ3) is 3.59. The van der Waals surface area contributed by atoms with Gasteiger partial charge in [-0.2, -0.15) is 0 Å². The molecule has 0 unspecified atom stereocenters.